The molecule has 0 spiro atoms. The second kappa shape index (κ2) is 9.99. The molecule has 1 aromatic carbocycles. The molecule has 1 aliphatic carbocycles. The maximum absolute atomic E-state index is 10.3. The first-order valence-electron chi connectivity index (χ1n) is 11.4. The van der Waals surface area contributed by atoms with E-state index in [9.17, 15) is 15.8 Å². The fourth-order valence-electron chi connectivity index (χ4n) is 4.82. The molecule has 0 bridgehead atoms. The molecule has 172 valence electrons. The quantitative estimate of drug-likeness (QED) is 0.630. The van der Waals surface area contributed by atoms with E-state index in [1.807, 2.05) is 24.3 Å². The number of nitrogens with zero attached hydrogens (tertiary/aromatic N) is 4. The number of methoxy groups -OCH3 is 1. The summed E-state index contributed by atoms with van der Waals surface area (Å²) in [5.74, 6) is 0.369. The van der Waals surface area contributed by atoms with Crippen molar-refractivity contribution in [3.63, 3.8) is 0 Å². The van der Waals surface area contributed by atoms with Gasteiger partial charge in [-0.25, -0.2) is 0 Å². The SMILES string of the molecule is CCCCOc1ccc(C2C3CN(C(C)C)CC=C3C(C#N)=C(N)C2(C#N)C#N)cc1OC. The van der Waals surface area contributed by atoms with Crippen molar-refractivity contribution < 1.29 is 9.47 Å². The summed E-state index contributed by atoms with van der Waals surface area (Å²) in [6.07, 6.45) is 3.97. The zero-order valence-corrected chi connectivity index (χ0v) is 19.8. The Balaban J connectivity index is 2.19. The largest absolute Gasteiger partial charge is 0.493 e. The zero-order chi connectivity index (χ0) is 24.2. The van der Waals surface area contributed by atoms with Crippen LogP contribution in [-0.4, -0.2) is 37.7 Å². The normalized spacial score (nSPS) is 21.9. The minimum Gasteiger partial charge on any atom is -0.493 e. The molecule has 2 atom stereocenters. The maximum atomic E-state index is 10.3. The lowest BCUT2D eigenvalue weighted by Crippen LogP contribution is -2.49. The van der Waals surface area contributed by atoms with Crippen LogP contribution < -0.4 is 15.2 Å². The minimum absolute atomic E-state index is 0.0303. The van der Waals surface area contributed by atoms with Crippen LogP contribution in [0.1, 0.15) is 45.1 Å². The Bertz CT molecular complexity index is 1070. The lowest BCUT2D eigenvalue weighted by atomic mass is 9.58. The highest BCUT2D eigenvalue weighted by molar-refractivity contribution is 5.60. The van der Waals surface area contributed by atoms with Crippen LogP contribution in [0.3, 0.4) is 0 Å². The number of hydrogen-bond acceptors (Lipinski definition) is 7. The second-order valence-electron chi connectivity index (χ2n) is 8.84. The van der Waals surface area contributed by atoms with Crippen LogP contribution in [0, 0.1) is 45.3 Å². The molecule has 1 aromatic rings. The molecule has 0 aromatic heterocycles. The molecule has 2 N–H and O–H groups in total. The number of rotatable bonds is 7. The van der Waals surface area contributed by atoms with E-state index in [1.54, 1.807) is 7.11 Å². The molecule has 0 radical (unpaired) electrons. The van der Waals surface area contributed by atoms with Gasteiger partial charge in [0.25, 0.3) is 0 Å². The van der Waals surface area contributed by atoms with Crippen LogP contribution in [0.5, 0.6) is 11.5 Å². The van der Waals surface area contributed by atoms with Crippen molar-refractivity contribution in [1.82, 2.24) is 4.90 Å². The van der Waals surface area contributed by atoms with Gasteiger partial charge in [0, 0.05) is 31.0 Å². The summed E-state index contributed by atoms with van der Waals surface area (Å²) < 4.78 is 11.5. The van der Waals surface area contributed by atoms with E-state index >= 15 is 0 Å². The third-order valence-electron chi connectivity index (χ3n) is 6.73. The fraction of sp³-hybridized carbons (Fsp3) is 0.500. The highest BCUT2D eigenvalue weighted by Crippen LogP contribution is 2.55. The van der Waals surface area contributed by atoms with Crippen molar-refractivity contribution in [1.29, 1.82) is 15.8 Å². The number of nitriles is 3. The van der Waals surface area contributed by atoms with E-state index < -0.39 is 11.3 Å². The van der Waals surface area contributed by atoms with Crippen LogP contribution in [0.4, 0.5) is 0 Å². The topological polar surface area (TPSA) is 119 Å². The van der Waals surface area contributed by atoms with Crippen LogP contribution in [-0.2, 0) is 0 Å². The lowest BCUT2D eigenvalue weighted by Gasteiger charge is -2.46. The molecule has 2 unspecified atom stereocenters. The van der Waals surface area contributed by atoms with Gasteiger partial charge in [-0.05, 0) is 43.5 Å². The van der Waals surface area contributed by atoms with E-state index in [2.05, 4.69) is 43.9 Å². The number of allylic oxidation sites excluding steroid dienone is 2. The molecule has 0 amide bonds. The Labute approximate surface area is 196 Å². The number of unbranched alkanes of at least 4 members (excludes halogenated alkanes) is 1. The summed E-state index contributed by atoms with van der Waals surface area (Å²) in [5, 5.41) is 30.4. The van der Waals surface area contributed by atoms with E-state index in [0.29, 0.717) is 31.2 Å². The predicted molar refractivity (Wildman–Crippen MR) is 125 cm³/mol. The summed E-state index contributed by atoms with van der Waals surface area (Å²) >= 11 is 0. The number of fused-ring (bicyclic) bond motifs is 1. The van der Waals surface area contributed by atoms with Crippen LogP contribution in [0.2, 0.25) is 0 Å². The van der Waals surface area contributed by atoms with Crippen molar-refractivity contribution in [2.75, 3.05) is 26.8 Å². The molecule has 0 saturated heterocycles. The highest BCUT2D eigenvalue weighted by Gasteiger charge is 2.54. The van der Waals surface area contributed by atoms with Gasteiger partial charge in [0.05, 0.1) is 37.1 Å². The first-order chi connectivity index (χ1) is 15.9. The molecule has 1 heterocycles. The minimum atomic E-state index is -1.66. The van der Waals surface area contributed by atoms with Crippen LogP contribution >= 0.6 is 0 Å². The molecule has 2 aliphatic rings. The summed E-state index contributed by atoms with van der Waals surface area (Å²) in [7, 11) is 1.57. The van der Waals surface area contributed by atoms with Gasteiger partial charge in [0.1, 0.15) is 6.07 Å². The van der Waals surface area contributed by atoms with Crippen molar-refractivity contribution in [2.24, 2.45) is 17.1 Å². The zero-order valence-electron chi connectivity index (χ0n) is 19.8. The van der Waals surface area contributed by atoms with Crippen molar-refractivity contribution >= 4 is 0 Å². The van der Waals surface area contributed by atoms with Crippen LogP contribution in [0.25, 0.3) is 0 Å². The maximum Gasteiger partial charge on any atom is 0.191 e. The monoisotopic (exact) mass is 445 g/mol. The molecule has 33 heavy (non-hydrogen) atoms. The van der Waals surface area contributed by atoms with Gasteiger partial charge in [0.15, 0.2) is 16.9 Å². The average molecular weight is 446 g/mol. The Hall–Kier alpha value is -3.47. The Morgan fingerprint density at radius 2 is 1.94 bits per heavy atom. The molecular weight excluding hydrogens is 414 g/mol. The first-order valence-corrected chi connectivity index (χ1v) is 11.4. The number of nitrogens with two attached hydrogens (primary N) is 1. The van der Waals surface area contributed by atoms with E-state index in [-0.39, 0.29) is 23.2 Å². The third-order valence-corrected chi connectivity index (χ3v) is 6.73. The van der Waals surface area contributed by atoms with Crippen LogP contribution in [0.15, 0.2) is 41.1 Å². The summed E-state index contributed by atoms with van der Waals surface area (Å²) in [4.78, 5) is 2.27. The third kappa shape index (κ3) is 4.15. The number of benzene rings is 1. The average Bonchev–Trinajstić information content (AvgIpc) is 2.83. The molecule has 7 nitrogen and oxygen atoms in total. The van der Waals surface area contributed by atoms with Gasteiger partial charge < -0.3 is 15.2 Å². The number of ether oxygens (including phenoxy) is 2. The van der Waals surface area contributed by atoms with Gasteiger partial charge in [-0.15, -0.1) is 0 Å². The summed E-state index contributed by atoms with van der Waals surface area (Å²) in [6.45, 7) is 8.21. The number of hydrogen-bond donors (Lipinski definition) is 1. The van der Waals surface area contributed by atoms with Crippen molar-refractivity contribution in [3.05, 3.63) is 46.7 Å². The Kier molecular flexibility index (Phi) is 7.32. The standard InChI is InChI=1S/C26H31N5O2/c1-5-6-11-33-22-8-7-18(12-23(22)32-4)24-21-14-31(17(2)3)10-9-19(21)20(13-27)25(30)26(24,15-28)16-29/h7-9,12,17,21,24H,5-6,10-11,14,30H2,1-4H3. The van der Waals surface area contributed by atoms with Gasteiger partial charge in [-0.1, -0.05) is 25.5 Å². The second-order valence-corrected chi connectivity index (χ2v) is 8.84. The fourth-order valence-corrected chi connectivity index (χ4v) is 4.82. The molecule has 7 heteroatoms. The first kappa shape index (κ1) is 24.2. The van der Waals surface area contributed by atoms with E-state index in [0.717, 1.165) is 24.0 Å². The van der Waals surface area contributed by atoms with E-state index in [4.69, 9.17) is 15.2 Å². The van der Waals surface area contributed by atoms with Gasteiger partial charge in [-0.2, -0.15) is 15.8 Å². The summed E-state index contributed by atoms with van der Waals surface area (Å²) in [5.41, 5.74) is 6.61. The molecule has 3 rings (SSSR count). The van der Waals surface area contributed by atoms with Crippen molar-refractivity contribution in [2.45, 2.75) is 45.6 Å². The molecule has 1 aliphatic heterocycles. The molecule has 0 fully saturated rings. The smallest absolute Gasteiger partial charge is 0.191 e. The van der Waals surface area contributed by atoms with Gasteiger partial charge in [0.2, 0.25) is 0 Å². The van der Waals surface area contributed by atoms with E-state index in [1.165, 1.54) is 0 Å². The summed E-state index contributed by atoms with van der Waals surface area (Å²) in [6, 6.07) is 12.4. The molecule has 0 saturated carbocycles. The van der Waals surface area contributed by atoms with Gasteiger partial charge in [-0.3, -0.25) is 4.90 Å². The highest BCUT2D eigenvalue weighted by atomic mass is 16.5. The van der Waals surface area contributed by atoms with Gasteiger partial charge >= 0.3 is 0 Å². The predicted octanol–water partition coefficient (Wildman–Crippen LogP) is 4.01. The Morgan fingerprint density at radius 3 is 2.52 bits per heavy atom. The Morgan fingerprint density at radius 1 is 1.21 bits per heavy atom. The lowest BCUT2D eigenvalue weighted by molar-refractivity contribution is 0.174. The molecular formula is C26H31N5O2. The van der Waals surface area contributed by atoms with Crippen molar-refractivity contribution in [3.8, 4) is 29.7 Å².